The number of allylic oxidation sites excluding steroid dienone is 1. The molecule has 2 nitrogen and oxygen atoms in total. The molecule has 0 saturated heterocycles. The summed E-state index contributed by atoms with van der Waals surface area (Å²) in [6.07, 6.45) is 8.19. The second kappa shape index (κ2) is 9.40. The van der Waals surface area contributed by atoms with Crippen LogP contribution in [0.25, 0.3) is 0 Å². The molecular formula is C9H17NO. The normalized spacial score (nSPS) is 11.8. The molecule has 0 spiro atoms. The van der Waals surface area contributed by atoms with Crippen LogP contribution >= 0.6 is 0 Å². The molecule has 0 aliphatic rings. The summed E-state index contributed by atoms with van der Waals surface area (Å²) < 4.78 is 4.84. The van der Waals surface area contributed by atoms with Gasteiger partial charge in [0.05, 0.1) is 6.61 Å². The van der Waals surface area contributed by atoms with Crippen molar-refractivity contribution < 1.29 is 4.74 Å². The van der Waals surface area contributed by atoms with Gasteiger partial charge in [0.25, 0.3) is 0 Å². The van der Waals surface area contributed by atoms with E-state index in [2.05, 4.69) is 17.5 Å². The van der Waals surface area contributed by atoms with Gasteiger partial charge in [-0.15, -0.1) is 0 Å². The summed E-state index contributed by atoms with van der Waals surface area (Å²) in [6.45, 7) is 4.56. The van der Waals surface area contributed by atoms with Crippen molar-refractivity contribution in [3.8, 4) is 0 Å². The number of hydrogen-bond donors (Lipinski definition) is 1. The lowest BCUT2D eigenvalue weighted by Gasteiger charge is -1.93. The van der Waals surface area contributed by atoms with Gasteiger partial charge < -0.3 is 10.1 Å². The fourth-order valence-corrected chi connectivity index (χ4v) is 0.615. The maximum atomic E-state index is 4.84. The highest BCUT2D eigenvalue weighted by atomic mass is 16.5. The molecule has 0 aromatic rings. The smallest absolute Gasteiger partial charge is 0.0644 e. The topological polar surface area (TPSA) is 21.3 Å². The van der Waals surface area contributed by atoms with Crippen LogP contribution in [0.3, 0.4) is 0 Å². The van der Waals surface area contributed by atoms with Gasteiger partial charge in [0.2, 0.25) is 0 Å². The highest BCUT2D eigenvalue weighted by Crippen LogP contribution is 1.73. The average Bonchev–Trinajstić information content (AvgIpc) is 2.03. The van der Waals surface area contributed by atoms with E-state index < -0.39 is 0 Å². The Morgan fingerprint density at radius 3 is 2.55 bits per heavy atom. The zero-order valence-corrected chi connectivity index (χ0v) is 7.34. The monoisotopic (exact) mass is 155 g/mol. The molecule has 0 saturated carbocycles. The average molecular weight is 155 g/mol. The molecule has 0 bridgehead atoms. The summed E-state index contributed by atoms with van der Waals surface area (Å²) in [4.78, 5) is 0. The number of nitrogens with one attached hydrogen (secondary N) is 1. The highest BCUT2D eigenvalue weighted by Gasteiger charge is 1.75. The van der Waals surface area contributed by atoms with Crippen LogP contribution in [0.1, 0.15) is 6.92 Å². The molecule has 0 rings (SSSR count). The van der Waals surface area contributed by atoms with Crippen LogP contribution in [0.15, 0.2) is 24.3 Å². The van der Waals surface area contributed by atoms with Gasteiger partial charge in [0, 0.05) is 20.2 Å². The van der Waals surface area contributed by atoms with Gasteiger partial charge in [-0.25, -0.2) is 0 Å². The fraction of sp³-hybridized carbons (Fsp3) is 0.556. The number of ether oxygens (including phenoxy) is 1. The van der Waals surface area contributed by atoms with Crippen molar-refractivity contribution in [3.63, 3.8) is 0 Å². The summed E-state index contributed by atoms with van der Waals surface area (Å²) in [5, 5.41) is 3.22. The lowest BCUT2D eigenvalue weighted by Crippen LogP contribution is -2.12. The molecule has 0 fully saturated rings. The molecule has 1 N–H and O–H groups in total. The van der Waals surface area contributed by atoms with E-state index >= 15 is 0 Å². The van der Waals surface area contributed by atoms with E-state index in [1.807, 2.05) is 19.1 Å². The predicted molar refractivity (Wildman–Crippen MR) is 48.7 cm³/mol. The van der Waals surface area contributed by atoms with Crippen LogP contribution in [0.2, 0.25) is 0 Å². The van der Waals surface area contributed by atoms with Gasteiger partial charge >= 0.3 is 0 Å². The van der Waals surface area contributed by atoms with E-state index in [4.69, 9.17) is 4.74 Å². The summed E-state index contributed by atoms with van der Waals surface area (Å²) in [5.74, 6) is 0. The minimum atomic E-state index is 0.700. The van der Waals surface area contributed by atoms with Crippen LogP contribution in [-0.4, -0.2) is 26.8 Å². The van der Waals surface area contributed by atoms with Gasteiger partial charge in [0.15, 0.2) is 0 Å². The number of methoxy groups -OCH3 is 1. The highest BCUT2D eigenvalue weighted by molar-refractivity contribution is 4.86. The first-order chi connectivity index (χ1) is 5.41. The van der Waals surface area contributed by atoms with Gasteiger partial charge in [-0.2, -0.15) is 0 Å². The maximum Gasteiger partial charge on any atom is 0.0644 e. The Balaban J connectivity index is 3.00. The molecule has 0 aliphatic heterocycles. The maximum absolute atomic E-state index is 4.84. The quantitative estimate of drug-likeness (QED) is 0.462. The Bertz CT molecular complexity index is 119. The van der Waals surface area contributed by atoms with Gasteiger partial charge in [0.1, 0.15) is 0 Å². The van der Waals surface area contributed by atoms with E-state index in [0.717, 1.165) is 13.1 Å². The minimum absolute atomic E-state index is 0.700. The van der Waals surface area contributed by atoms with Crippen molar-refractivity contribution in [1.29, 1.82) is 0 Å². The lowest BCUT2D eigenvalue weighted by molar-refractivity contribution is 0.233. The number of rotatable bonds is 6. The van der Waals surface area contributed by atoms with Crippen molar-refractivity contribution in [3.05, 3.63) is 24.3 Å². The molecule has 2 heteroatoms. The Morgan fingerprint density at radius 2 is 1.91 bits per heavy atom. The molecule has 0 amide bonds. The van der Waals surface area contributed by atoms with Crippen LogP contribution in [0, 0.1) is 0 Å². The molecule has 11 heavy (non-hydrogen) atoms. The molecule has 0 heterocycles. The zero-order valence-electron chi connectivity index (χ0n) is 7.34. The van der Waals surface area contributed by atoms with Crippen molar-refractivity contribution >= 4 is 0 Å². The first kappa shape index (κ1) is 10.4. The molecule has 64 valence electrons. The largest absolute Gasteiger partial charge is 0.381 e. The van der Waals surface area contributed by atoms with E-state index in [9.17, 15) is 0 Å². The number of hydrogen-bond acceptors (Lipinski definition) is 2. The first-order valence-electron chi connectivity index (χ1n) is 3.87. The third-order valence-electron chi connectivity index (χ3n) is 1.19. The summed E-state index contributed by atoms with van der Waals surface area (Å²) in [6, 6.07) is 0. The lowest BCUT2D eigenvalue weighted by atomic mass is 10.4. The third kappa shape index (κ3) is 9.40. The minimum Gasteiger partial charge on any atom is -0.381 e. The van der Waals surface area contributed by atoms with Gasteiger partial charge in [-0.3, -0.25) is 0 Å². The molecule has 0 aromatic carbocycles. The molecular weight excluding hydrogens is 138 g/mol. The van der Waals surface area contributed by atoms with Crippen molar-refractivity contribution in [2.75, 3.05) is 26.8 Å². The third-order valence-corrected chi connectivity index (χ3v) is 1.19. The van der Waals surface area contributed by atoms with Gasteiger partial charge in [-0.1, -0.05) is 24.3 Å². The van der Waals surface area contributed by atoms with Crippen LogP contribution < -0.4 is 5.32 Å². The molecule has 0 radical (unpaired) electrons. The summed E-state index contributed by atoms with van der Waals surface area (Å²) in [5.41, 5.74) is 0. The molecule has 0 aromatic heterocycles. The van der Waals surface area contributed by atoms with E-state index in [1.54, 1.807) is 7.11 Å². The second-order valence-corrected chi connectivity index (χ2v) is 2.15. The van der Waals surface area contributed by atoms with Crippen LogP contribution in [0.4, 0.5) is 0 Å². The van der Waals surface area contributed by atoms with Crippen molar-refractivity contribution in [2.24, 2.45) is 0 Å². The van der Waals surface area contributed by atoms with E-state index in [1.165, 1.54) is 0 Å². The SMILES string of the molecule is C/C=C/CNC/C=C/COC. The Labute approximate surface area is 68.9 Å². The predicted octanol–water partition coefficient (Wildman–Crippen LogP) is 1.35. The van der Waals surface area contributed by atoms with E-state index in [0.29, 0.717) is 6.61 Å². The van der Waals surface area contributed by atoms with E-state index in [-0.39, 0.29) is 0 Å². The van der Waals surface area contributed by atoms with Crippen LogP contribution in [0.5, 0.6) is 0 Å². The Hall–Kier alpha value is -0.600. The molecule has 0 atom stereocenters. The second-order valence-electron chi connectivity index (χ2n) is 2.15. The van der Waals surface area contributed by atoms with Crippen molar-refractivity contribution in [1.82, 2.24) is 5.32 Å². The Kier molecular flexibility index (Phi) is 8.89. The Morgan fingerprint density at radius 1 is 1.18 bits per heavy atom. The fourth-order valence-electron chi connectivity index (χ4n) is 0.615. The van der Waals surface area contributed by atoms with Crippen molar-refractivity contribution in [2.45, 2.75) is 6.92 Å². The summed E-state index contributed by atoms with van der Waals surface area (Å²) in [7, 11) is 1.69. The molecule has 0 aliphatic carbocycles. The standard InChI is InChI=1S/C9H17NO/c1-3-4-7-10-8-5-6-9-11-2/h3-6,10H,7-9H2,1-2H3/b4-3+,6-5+. The first-order valence-corrected chi connectivity index (χ1v) is 3.87. The van der Waals surface area contributed by atoms with Crippen LogP contribution in [-0.2, 0) is 4.74 Å². The zero-order chi connectivity index (χ0) is 8.36. The van der Waals surface area contributed by atoms with Gasteiger partial charge in [-0.05, 0) is 6.92 Å². The molecule has 0 unspecified atom stereocenters. The summed E-state index contributed by atoms with van der Waals surface area (Å²) >= 11 is 0.